The van der Waals surface area contributed by atoms with E-state index in [1.54, 1.807) is 11.7 Å². The van der Waals surface area contributed by atoms with Crippen molar-refractivity contribution in [3.8, 4) is 22.9 Å². The van der Waals surface area contributed by atoms with Crippen LogP contribution in [0, 0.1) is 0 Å². The van der Waals surface area contributed by atoms with Crippen molar-refractivity contribution in [2.75, 3.05) is 19.0 Å². The summed E-state index contributed by atoms with van der Waals surface area (Å²) in [4.78, 5) is 15.0. The summed E-state index contributed by atoms with van der Waals surface area (Å²) in [5.74, 6) is 0.978. The van der Waals surface area contributed by atoms with E-state index in [0.717, 1.165) is 17.3 Å². The van der Waals surface area contributed by atoms with Gasteiger partial charge in [0.2, 0.25) is 0 Å². The van der Waals surface area contributed by atoms with Crippen LogP contribution in [0.4, 0.5) is 0 Å². The third-order valence-corrected chi connectivity index (χ3v) is 3.85. The first-order valence-electron chi connectivity index (χ1n) is 6.29. The average Bonchev–Trinajstić information content (AvgIpc) is 2.86. The Morgan fingerprint density at radius 3 is 2.90 bits per heavy atom. The van der Waals surface area contributed by atoms with Crippen LogP contribution in [0.3, 0.4) is 0 Å². The molecular formula is C13H13N3O4S. The molecule has 1 aliphatic heterocycles. The van der Waals surface area contributed by atoms with Gasteiger partial charge in [-0.2, -0.15) is 5.10 Å². The molecular weight excluding hydrogens is 294 g/mol. The molecule has 8 heteroatoms. The predicted octanol–water partition coefficient (Wildman–Crippen LogP) is 1.43. The topological polar surface area (TPSA) is 86.5 Å². The largest absolute Gasteiger partial charge is 0.486 e. The molecule has 0 radical (unpaired) electrons. The highest BCUT2D eigenvalue weighted by Gasteiger charge is 2.16. The molecule has 0 saturated heterocycles. The summed E-state index contributed by atoms with van der Waals surface area (Å²) in [6.07, 6.45) is 0. The van der Waals surface area contributed by atoms with Gasteiger partial charge in [-0.05, 0) is 18.2 Å². The Hall–Kier alpha value is -2.22. The maximum Gasteiger partial charge on any atom is 0.313 e. The monoisotopic (exact) mass is 307 g/mol. The molecule has 110 valence electrons. The zero-order chi connectivity index (χ0) is 14.8. The maximum absolute atomic E-state index is 10.6. The summed E-state index contributed by atoms with van der Waals surface area (Å²) in [6.45, 7) is 1.07. The fourth-order valence-electron chi connectivity index (χ4n) is 1.93. The van der Waals surface area contributed by atoms with Gasteiger partial charge in [0.15, 0.2) is 22.5 Å². The first-order chi connectivity index (χ1) is 10.1. The number of hydrogen-bond acceptors (Lipinski definition) is 6. The third kappa shape index (κ3) is 2.94. The minimum Gasteiger partial charge on any atom is -0.486 e. The molecule has 2 aromatic rings. The van der Waals surface area contributed by atoms with Crippen molar-refractivity contribution < 1.29 is 19.4 Å². The molecule has 0 saturated carbocycles. The Bertz CT molecular complexity index is 686. The van der Waals surface area contributed by atoms with Crippen molar-refractivity contribution in [2.24, 2.45) is 7.05 Å². The SMILES string of the molecule is Cn1nc(-c2ccc3c(c2)OCCO3)nc1SCC(=O)O. The van der Waals surface area contributed by atoms with Crippen molar-refractivity contribution in [1.82, 2.24) is 14.8 Å². The van der Waals surface area contributed by atoms with Crippen LogP contribution in [0.1, 0.15) is 0 Å². The number of carboxylic acid groups (broad SMARTS) is 1. The summed E-state index contributed by atoms with van der Waals surface area (Å²) in [5.41, 5.74) is 0.803. The van der Waals surface area contributed by atoms with Crippen molar-refractivity contribution in [3.05, 3.63) is 18.2 Å². The van der Waals surface area contributed by atoms with Gasteiger partial charge in [-0.25, -0.2) is 9.67 Å². The van der Waals surface area contributed by atoms with Crippen molar-refractivity contribution in [2.45, 2.75) is 5.16 Å². The number of hydrogen-bond donors (Lipinski definition) is 1. The molecule has 0 spiro atoms. The molecule has 0 amide bonds. The van der Waals surface area contributed by atoms with Gasteiger partial charge in [0.05, 0.1) is 5.75 Å². The van der Waals surface area contributed by atoms with Gasteiger partial charge in [-0.3, -0.25) is 4.79 Å². The minimum absolute atomic E-state index is 0.0485. The number of nitrogens with zero attached hydrogens (tertiary/aromatic N) is 3. The quantitative estimate of drug-likeness (QED) is 0.855. The van der Waals surface area contributed by atoms with E-state index in [9.17, 15) is 4.79 Å². The summed E-state index contributed by atoms with van der Waals surface area (Å²) in [5, 5.41) is 13.6. The van der Waals surface area contributed by atoms with Gasteiger partial charge >= 0.3 is 5.97 Å². The lowest BCUT2D eigenvalue weighted by molar-refractivity contribution is -0.133. The van der Waals surface area contributed by atoms with E-state index in [1.165, 1.54) is 0 Å². The van der Waals surface area contributed by atoms with E-state index in [1.807, 2.05) is 18.2 Å². The number of aliphatic carboxylic acids is 1. The summed E-state index contributed by atoms with van der Waals surface area (Å²) in [6, 6.07) is 5.51. The second kappa shape index (κ2) is 5.65. The summed E-state index contributed by atoms with van der Waals surface area (Å²) >= 11 is 1.13. The van der Waals surface area contributed by atoms with Gasteiger partial charge in [0, 0.05) is 12.6 Å². The fourth-order valence-corrected chi connectivity index (χ4v) is 2.56. The summed E-state index contributed by atoms with van der Waals surface area (Å²) < 4.78 is 12.6. The third-order valence-electron chi connectivity index (χ3n) is 2.85. The highest BCUT2D eigenvalue weighted by atomic mass is 32.2. The average molecular weight is 307 g/mol. The van der Waals surface area contributed by atoms with Crippen LogP contribution in [0.15, 0.2) is 23.4 Å². The van der Waals surface area contributed by atoms with E-state index in [2.05, 4.69) is 10.1 Å². The molecule has 1 N–H and O–H groups in total. The zero-order valence-corrected chi connectivity index (χ0v) is 12.1. The van der Waals surface area contributed by atoms with Gasteiger partial charge in [0.25, 0.3) is 0 Å². The lowest BCUT2D eigenvalue weighted by Gasteiger charge is -2.18. The molecule has 0 bridgehead atoms. The molecule has 3 rings (SSSR count). The lowest BCUT2D eigenvalue weighted by Crippen LogP contribution is -2.15. The number of carboxylic acids is 1. The van der Waals surface area contributed by atoms with E-state index >= 15 is 0 Å². The van der Waals surface area contributed by atoms with Crippen molar-refractivity contribution >= 4 is 17.7 Å². The second-order valence-corrected chi connectivity index (χ2v) is 5.32. The van der Waals surface area contributed by atoms with Crippen LogP contribution in [0.25, 0.3) is 11.4 Å². The molecule has 0 atom stereocenters. The first-order valence-corrected chi connectivity index (χ1v) is 7.27. The predicted molar refractivity (Wildman–Crippen MR) is 75.8 cm³/mol. The highest BCUT2D eigenvalue weighted by molar-refractivity contribution is 7.99. The number of benzene rings is 1. The summed E-state index contributed by atoms with van der Waals surface area (Å²) in [7, 11) is 1.73. The Labute approximate surface area is 124 Å². The van der Waals surface area contributed by atoms with Crippen molar-refractivity contribution in [3.63, 3.8) is 0 Å². The molecule has 0 unspecified atom stereocenters. The second-order valence-electron chi connectivity index (χ2n) is 4.38. The van der Waals surface area contributed by atoms with Gasteiger partial charge in [0.1, 0.15) is 13.2 Å². The standard InChI is InChI=1S/C13H13N3O4S/c1-16-13(21-7-11(17)18)14-12(15-16)8-2-3-9-10(6-8)20-5-4-19-9/h2-3,6H,4-5,7H2,1H3,(H,17,18). The van der Waals surface area contributed by atoms with Crippen LogP contribution in [0.2, 0.25) is 0 Å². The Balaban J connectivity index is 1.86. The first kappa shape index (κ1) is 13.7. The normalized spacial score (nSPS) is 13.2. The van der Waals surface area contributed by atoms with Crippen LogP contribution >= 0.6 is 11.8 Å². The molecule has 0 fully saturated rings. The molecule has 1 aromatic heterocycles. The van der Waals surface area contributed by atoms with E-state index in [4.69, 9.17) is 14.6 Å². The number of fused-ring (bicyclic) bond motifs is 1. The molecule has 0 aliphatic carbocycles. The molecule has 7 nitrogen and oxygen atoms in total. The van der Waals surface area contributed by atoms with Gasteiger partial charge in [-0.1, -0.05) is 11.8 Å². The smallest absolute Gasteiger partial charge is 0.313 e. The minimum atomic E-state index is -0.885. The van der Waals surface area contributed by atoms with E-state index in [-0.39, 0.29) is 5.75 Å². The number of thioether (sulfide) groups is 1. The fraction of sp³-hybridized carbons (Fsp3) is 0.308. The number of rotatable bonds is 4. The Morgan fingerprint density at radius 1 is 1.38 bits per heavy atom. The Kier molecular flexibility index (Phi) is 3.70. The van der Waals surface area contributed by atoms with E-state index in [0.29, 0.717) is 35.7 Å². The van der Waals surface area contributed by atoms with Crippen LogP contribution in [-0.2, 0) is 11.8 Å². The maximum atomic E-state index is 10.6. The van der Waals surface area contributed by atoms with E-state index < -0.39 is 5.97 Å². The van der Waals surface area contributed by atoms with Crippen LogP contribution in [-0.4, -0.2) is 44.8 Å². The number of aryl methyl sites for hydroxylation is 1. The zero-order valence-electron chi connectivity index (χ0n) is 11.3. The van der Waals surface area contributed by atoms with Crippen LogP contribution < -0.4 is 9.47 Å². The number of carbonyl (C=O) groups is 1. The highest BCUT2D eigenvalue weighted by Crippen LogP contribution is 2.34. The Morgan fingerprint density at radius 2 is 2.14 bits per heavy atom. The lowest BCUT2D eigenvalue weighted by atomic mass is 10.2. The molecule has 21 heavy (non-hydrogen) atoms. The molecule has 2 heterocycles. The van der Waals surface area contributed by atoms with Crippen LogP contribution in [0.5, 0.6) is 11.5 Å². The number of aromatic nitrogens is 3. The number of ether oxygens (including phenoxy) is 2. The van der Waals surface area contributed by atoms with Gasteiger partial charge < -0.3 is 14.6 Å². The van der Waals surface area contributed by atoms with Gasteiger partial charge in [-0.15, -0.1) is 0 Å². The molecule has 1 aliphatic rings. The van der Waals surface area contributed by atoms with Crippen molar-refractivity contribution in [1.29, 1.82) is 0 Å². The molecule has 1 aromatic carbocycles.